The van der Waals surface area contributed by atoms with Crippen LogP contribution < -0.4 is 10.7 Å². The van der Waals surface area contributed by atoms with Gasteiger partial charge in [-0.25, -0.2) is 10.2 Å². The number of carbonyl (C=O) groups excluding carboxylic acids is 3. The van der Waals surface area contributed by atoms with Gasteiger partial charge < -0.3 is 10.2 Å². The van der Waals surface area contributed by atoms with E-state index >= 15 is 0 Å². The maximum atomic E-state index is 13.5. The molecule has 3 aromatic rings. The molecule has 10 heteroatoms. The van der Waals surface area contributed by atoms with Crippen LogP contribution in [0.3, 0.4) is 0 Å². The summed E-state index contributed by atoms with van der Waals surface area (Å²) in [6.07, 6.45) is -0.766. The molecule has 0 saturated carbocycles. The number of rotatable bonds is 8. The van der Waals surface area contributed by atoms with Crippen LogP contribution in [0.25, 0.3) is 10.8 Å². The number of sulfonamides is 1. The molecule has 2 N–H and O–H groups in total. The van der Waals surface area contributed by atoms with Gasteiger partial charge in [-0.3, -0.25) is 9.59 Å². The normalized spacial score (nSPS) is 11.0. The number of hydrogen-bond donors (Lipinski definition) is 2. The lowest BCUT2D eigenvalue weighted by Crippen LogP contribution is -2.54. The zero-order chi connectivity index (χ0) is 25.4. The Morgan fingerprint density at radius 1 is 0.829 bits per heavy atom. The molecule has 0 heterocycles. The lowest BCUT2D eigenvalue weighted by atomic mass is 10.1. The SMILES string of the molecule is CCN(CC)C(=O)NN(C(=O)CC(=O)NCc1ccccc1)S(=O)(=O)c1ccc2ccccc2c1. The first-order valence-corrected chi connectivity index (χ1v) is 12.6. The summed E-state index contributed by atoms with van der Waals surface area (Å²) >= 11 is 0. The van der Waals surface area contributed by atoms with Crippen LogP contribution in [0.1, 0.15) is 25.8 Å². The van der Waals surface area contributed by atoms with E-state index in [2.05, 4.69) is 10.7 Å². The number of hydrazine groups is 1. The number of nitrogens with one attached hydrogen (secondary N) is 2. The zero-order valence-corrected chi connectivity index (χ0v) is 20.4. The van der Waals surface area contributed by atoms with E-state index in [1.54, 1.807) is 32.0 Å². The number of benzene rings is 3. The first-order valence-electron chi connectivity index (χ1n) is 11.2. The summed E-state index contributed by atoms with van der Waals surface area (Å²) < 4.78 is 27.2. The molecule has 0 atom stereocenters. The van der Waals surface area contributed by atoms with Crippen LogP contribution in [0.15, 0.2) is 77.7 Å². The first-order chi connectivity index (χ1) is 16.8. The highest BCUT2D eigenvalue weighted by Gasteiger charge is 2.33. The highest BCUT2D eigenvalue weighted by atomic mass is 32.2. The van der Waals surface area contributed by atoms with E-state index in [1.807, 2.05) is 42.5 Å². The molecule has 0 bridgehead atoms. The maximum Gasteiger partial charge on any atom is 0.337 e. The smallest absolute Gasteiger partial charge is 0.337 e. The minimum Gasteiger partial charge on any atom is -0.352 e. The molecule has 3 rings (SSSR count). The van der Waals surface area contributed by atoms with Crippen LogP contribution in [0.2, 0.25) is 0 Å². The van der Waals surface area contributed by atoms with E-state index in [4.69, 9.17) is 0 Å². The minimum absolute atomic E-state index is 0.177. The standard InChI is InChI=1S/C25H28N4O5S/c1-3-28(4-2)25(32)27-29(24(31)17-23(30)26-18-19-10-6-5-7-11-19)35(33,34)22-15-14-20-12-8-9-13-21(20)16-22/h5-16H,3-4,17-18H2,1-2H3,(H,26,30)(H,27,32). The molecule has 0 aliphatic rings. The zero-order valence-electron chi connectivity index (χ0n) is 19.6. The molecule has 9 nitrogen and oxygen atoms in total. The van der Waals surface area contributed by atoms with Crippen molar-refractivity contribution in [2.24, 2.45) is 0 Å². The van der Waals surface area contributed by atoms with Gasteiger partial charge in [0, 0.05) is 19.6 Å². The second-order valence-electron chi connectivity index (χ2n) is 7.70. The number of urea groups is 1. The van der Waals surface area contributed by atoms with Crippen molar-refractivity contribution in [2.75, 3.05) is 13.1 Å². The maximum absolute atomic E-state index is 13.5. The van der Waals surface area contributed by atoms with Gasteiger partial charge in [0.1, 0.15) is 6.42 Å². The van der Waals surface area contributed by atoms with Gasteiger partial charge in [0.25, 0.3) is 15.9 Å². The van der Waals surface area contributed by atoms with Crippen molar-refractivity contribution in [1.82, 2.24) is 20.1 Å². The van der Waals surface area contributed by atoms with Crippen molar-refractivity contribution in [3.8, 4) is 0 Å². The van der Waals surface area contributed by atoms with E-state index in [-0.39, 0.29) is 15.9 Å². The van der Waals surface area contributed by atoms with Crippen molar-refractivity contribution in [2.45, 2.75) is 31.7 Å². The van der Waals surface area contributed by atoms with Crippen LogP contribution in [-0.2, 0) is 26.2 Å². The molecular weight excluding hydrogens is 468 g/mol. The van der Waals surface area contributed by atoms with Crippen LogP contribution in [0.4, 0.5) is 4.79 Å². The van der Waals surface area contributed by atoms with E-state index in [0.29, 0.717) is 18.5 Å². The summed E-state index contributed by atoms with van der Waals surface area (Å²) in [5.41, 5.74) is 3.01. The van der Waals surface area contributed by atoms with Gasteiger partial charge in [-0.2, -0.15) is 8.42 Å². The monoisotopic (exact) mass is 496 g/mol. The van der Waals surface area contributed by atoms with Crippen molar-refractivity contribution >= 4 is 38.6 Å². The molecule has 4 amide bonds. The van der Waals surface area contributed by atoms with Gasteiger partial charge in [-0.15, -0.1) is 4.41 Å². The van der Waals surface area contributed by atoms with Crippen molar-refractivity contribution < 1.29 is 22.8 Å². The Balaban J connectivity index is 1.86. The fraction of sp³-hybridized carbons (Fsp3) is 0.240. The first kappa shape index (κ1) is 25.7. The molecule has 0 radical (unpaired) electrons. The summed E-state index contributed by atoms with van der Waals surface area (Å²) in [7, 11) is -4.50. The third-order valence-electron chi connectivity index (χ3n) is 5.38. The molecule has 0 spiro atoms. The lowest BCUT2D eigenvalue weighted by molar-refractivity contribution is -0.133. The van der Waals surface area contributed by atoms with Crippen molar-refractivity contribution in [3.05, 3.63) is 78.4 Å². The molecule has 0 fully saturated rings. The van der Waals surface area contributed by atoms with E-state index in [1.165, 1.54) is 17.0 Å². The third kappa shape index (κ3) is 6.36. The predicted molar refractivity (Wildman–Crippen MR) is 132 cm³/mol. The van der Waals surface area contributed by atoms with Gasteiger partial charge in [0.05, 0.1) is 4.90 Å². The second kappa shape index (κ2) is 11.5. The average molecular weight is 497 g/mol. The predicted octanol–water partition coefficient (Wildman–Crippen LogP) is 3.03. The van der Waals surface area contributed by atoms with Gasteiger partial charge in [-0.1, -0.05) is 60.7 Å². The number of hydrogen-bond acceptors (Lipinski definition) is 5. The molecular formula is C25H28N4O5S. The summed E-state index contributed by atoms with van der Waals surface area (Å²) in [5, 5.41) is 4.06. The molecule has 35 heavy (non-hydrogen) atoms. The topological polar surface area (TPSA) is 116 Å². The van der Waals surface area contributed by atoms with Crippen LogP contribution in [0.5, 0.6) is 0 Å². The molecule has 0 saturated heterocycles. The minimum atomic E-state index is -4.50. The van der Waals surface area contributed by atoms with E-state index in [9.17, 15) is 22.8 Å². The van der Waals surface area contributed by atoms with Crippen LogP contribution in [0, 0.1) is 0 Å². The number of amides is 4. The summed E-state index contributed by atoms with van der Waals surface area (Å²) in [5.74, 6) is -1.75. The van der Waals surface area contributed by atoms with Gasteiger partial charge >= 0.3 is 6.03 Å². The Labute approximate surface area is 204 Å². The van der Waals surface area contributed by atoms with E-state index in [0.717, 1.165) is 10.9 Å². The van der Waals surface area contributed by atoms with Gasteiger partial charge in [-0.05, 0) is 42.3 Å². The molecule has 0 aromatic heterocycles. The van der Waals surface area contributed by atoms with Crippen molar-refractivity contribution in [3.63, 3.8) is 0 Å². The Morgan fingerprint density at radius 2 is 1.46 bits per heavy atom. The fourth-order valence-electron chi connectivity index (χ4n) is 3.43. The van der Waals surface area contributed by atoms with E-state index < -0.39 is 34.3 Å². The Kier molecular flexibility index (Phi) is 8.43. The third-order valence-corrected chi connectivity index (χ3v) is 7.00. The highest BCUT2D eigenvalue weighted by molar-refractivity contribution is 7.89. The quantitative estimate of drug-likeness (QED) is 0.367. The summed E-state index contributed by atoms with van der Waals surface area (Å²) in [6.45, 7) is 4.24. The largest absolute Gasteiger partial charge is 0.352 e. The Morgan fingerprint density at radius 3 is 2.11 bits per heavy atom. The molecule has 0 aliphatic carbocycles. The molecule has 0 aliphatic heterocycles. The Bertz CT molecular complexity index is 1310. The number of nitrogens with zero attached hydrogens (tertiary/aromatic N) is 2. The number of fused-ring (bicyclic) bond motifs is 1. The second-order valence-corrected chi connectivity index (χ2v) is 9.49. The Hall–Kier alpha value is -3.92. The fourth-order valence-corrected chi connectivity index (χ4v) is 4.68. The van der Waals surface area contributed by atoms with Crippen LogP contribution in [-0.4, -0.2) is 48.7 Å². The van der Waals surface area contributed by atoms with Gasteiger partial charge in [0.2, 0.25) is 5.91 Å². The molecule has 3 aromatic carbocycles. The summed E-state index contributed by atoms with van der Waals surface area (Å²) in [6, 6.07) is 19.9. The average Bonchev–Trinajstić information content (AvgIpc) is 2.87. The highest BCUT2D eigenvalue weighted by Crippen LogP contribution is 2.22. The van der Waals surface area contributed by atoms with Gasteiger partial charge in [0.15, 0.2) is 0 Å². The van der Waals surface area contributed by atoms with Crippen molar-refractivity contribution in [1.29, 1.82) is 0 Å². The summed E-state index contributed by atoms with van der Waals surface area (Å²) in [4.78, 5) is 39.3. The van der Waals surface area contributed by atoms with Crippen LogP contribution >= 0.6 is 0 Å². The lowest BCUT2D eigenvalue weighted by Gasteiger charge is -2.27. The molecule has 184 valence electrons. The number of carbonyl (C=O) groups is 3. The molecule has 0 unspecified atom stereocenters.